The van der Waals surface area contributed by atoms with Crippen molar-refractivity contribution in [3.8, 4) is 0 Å². The monoisotopic (exact) mass is 193 g/mol. The fraction of sp³-hybridized carbons (Fsp3) is 0.667. The van der Waals surface area contributed by atoms with E-state index in [0.29, 0.717) is 24.6 Å². The molecule has 1 aliphatic heterocycles. The molecule has 0 saturated carbocycles. The first-order valence-electron chi connectivity index (χ1n) is 5.54. The molecule has 0 aromatic rings. The second kappa shape index (κ2) is 4.28. The summed E-state index contributed by atoms with van der Waals surface area (Å²) in [7, 11) is 0. The van der Waals surface area contributed by atoms with Gasteiger partial charge in [0.15, 0.2) is 0 Å². The summed E-state index contributed by atoms with van der Waals surface area (Å²) in [6, 6.07) is 0.928. The van der Waals surface area contributed by atoms with Crippen molar-refractivity contribution < 1.29 is 5.11 Å². The van der Waals surface area contributed by atoms with Crippen LogP contribution < -0.4 is 0 Å². The standard InChI is InChI=1S/C12H19NO/c1-10(11-5-2-3-6-11)13-8-4-7-12(13)9-14/h2-3,5-6,10-12,14H,4,7-9H2,1H3/t10-,12+/m1/s1. The van der Waals surface area contributed by atoms with Crippen LogP contribution in [0.4, 0.5) is 0 Å². The third kappa shape index (κ3) is 1.77. The van der Waals surface area contributed by atoms with E-state index in [2.05, 4.69) is 36.1 Å². The molecule has 1 aliphatic carbocycles. The third-order valence-electron chi connectivity index (χ3n) is 3.49. The number of rotatable bonds is 3. The lowest BCUT2D eigenvalue weighted by atomic mass is 10.0. The highest BCUT2D eigenvalue weighted by atomic mass is 16.3. The van der Waals surface area contributed by atoms with Crippen LogP contribution in [0.2, 0.25) is 0 Å². The molecule has 0 unspecified atom stereocenters. The first kappa shape index (κ1) is 9.94. The molecule has 2 rings (SSSR count). The second-order valence-corrected chi connectivity index (χ2v) is 4.30. The van der Waals surface area contributed by atoms with Gasteiger partial charge in [0.25, 0.3) is 0 Å². The Morgan fingerprint density at radius 3 is 2.79 bits per heavy atom. The summed E-state index contributed by atoms with van der Waals surface area (Å²) >= 11 is 0. The molecule has 0 radical (unpaired) electrons. The van der Waals surface area contributed by atoms with Crippen LogP contribution in [0.3, 0.4) is 0 Å². The lowest BCUT2D eigenvalue weighted by Crippen LogP contribution is -2.42. The molecule has 1 fully saturated rings. The lowest BCUT2D eigenvalue weighted by Gasteiger charge is -2.32. The Morgan fingerprint density at radius 2 is 2.14 bits per heavy atom. The summed E-state index contributed by atoms with van der Waals surface area (Å²) in [4.78, 5) is 2.45. The number of hydrogen-bond acceptors (Lipinski definition) is 2. The van der Waals surface area contributed by atoms with Crippen LogP contribution in [0.1, 0.15) is 19.8 Å². The van der Waals surface area contributed by atoms with Gasteiger partial charge in [-0.1, -0.05) is 24.3 Å². The number of aliphatic hydroxyl groups is 1. The Kier molecular flexibility index (Phi) is 3.04. The van der Waals surface area contributed by atoms with Crippen LogP contribution in [0.15, 0.2) is 24.3 Å². The van der Waals surface area contributed by atoms with Gasteiger partial charge in [0.1, 0.15) is 0 Å². The maximum absolute atomic E-state index is 9.25. The zero-order valence-corrected chi connectivity index (χ0v) is 8.76. The minimum atomic E-state index is 0.310. The van der Waals surface area contributed by atoms with Gasteiger partial charge in [-0.2, -0.15) is 0 Å². The molecular formula is C12H19NO. The first-order chi connectivity index (χ1) is 6.83. The van der Waals surface area contributed by atoms with E-state index in [1.165, 1.54) is 6.42 Å². The molecule has 1 N–H and O–H groups in total. The molecule has 1 saturated heterocycles. The van der Waals surface area contributed by atoms with Gasteiger partial charge in [-0.3, -0.25) is 4.90 Å². The van der Waals surface area contributed by atoms with Crippen molar-refractivity contribution in [1.82, 2.24) is 4.90 Å². The summed E-state index contributed by atoms with van der Waals surface area (Å²) in [6.45, 7) is 3.72. The maximum atomic E-state index is 9.25. The topological polar surface area (TPSA) is 23.5 Å². The molecule has 0 aromatic heterocycles. The van der Waals surface area contributed by atoms with E-state index in [-0.39, 0.29) is 0 Å². The lowest BCUT2D eigenvalue weighted by molar-refractivity contribution is 0.115. The molecule has 1 heterocycles. The summed E-state index contributed by atoms with van der Waals surface area (Å²) in [5.41, 5.74) is 0. The van der Waals surface area contributed by atoms with Crippen LogP contribution in [0.5, 0.6) is 0 Å². The van der Waals surface area contributed by atoms with Gasteiger partial charge in [-0.05, 0) is 26.3 Å². The summed E-state index contributed by atoms with van der Waals surface area (Å²) < 4.78 is 0. The molecule has 2 atom stereocenters. The fourth-order valence-corrected chi connectivity index (χ4v) is 2.58. The molecule has 14 heavy (non-hydrogen) atoms. The van der Waals surface area contributed by atoms with Gasteiger partial charge >= 0.3 is 0 Å². The maximum Gasteiger partial charge on any atom is 0.0586 e. The van der Waals surface area contributed by atoms with E-state index in [4.69, 9.17) is 0 Å². The summed E-state index contributed by atoms with van der Waals surface area (Å²) in [6.07, 6.45) is 11.1. The summed E-state index contributed by atoms with van der Waals surface area (Å²) in [5.74, 6) is 0.544. The van der Waals surface area contributed by atoms with Gasteiger partial charge < -0.3 is 5.11 Å². The van der Waals surface area contributed by atoms with E-state index in [0.717, 1.165) is 13.0 Å². The van der Waals surface area contributed by atoms with Crippen molar-refractivity contribution in [1.29, 1.82) is 0 Å². The van der Waals surface area contributed by atoms with Crippen molar-refractivity contribution in [3.05, 3.63) is 24.3 Å². The van der Waals surface area contributed by atoms with Crippen molar-refractivity contribution in [2.24, 2.45) is 5.92 Å². The Morgan fingerprint density at radius 1 is 1.43 bits per heavy atom. The third-order valence-corrected chi connectivity index (χ3v) is 3.49. The molecular weight excluding hydrogens is 174 g/mol. The van der Waals surface area contributed by atoms with Gasteiger partial charge in [-0.25, -0.2) is 0 Å². The van der Waals surface area contributed by atoms with E-state index in [1.807, 2.05) is 0 Å². The van der Waals surface area contributed by atoms with E-state index in [9.17, 15) is 5.11 Å². The Labute approximate surface area is 85.9 Å². The van der Waals surface area contributed by atoms with Gasteiger partial charge in [-0.15, -0.1) is 0 Å². The molecule has 0 bridgehead atoms. The largest absolute Gasteiger partial charge is 0.395 e. The second-order valence-electron chi connectivity index (χ2n) is 4.30. The van der Waals surface area contributed by atoms with Gasteiger partial charge in [0.05, 0.1) is 6.61 Å². The van der Waals surface area contributed by atoms with Crippen LogP contribution in [0, 0.1) is 5.92 Å². The predicted molar refractivity (Wildman–Crippen MR) is 58.0 cm³/mol. The molecule has 78 valence electrons. The molecule has 2 aliphatic rings. The molecule has 0 aromatic carbocycles. The van der Waals surface area contributed by atoms with Crippen molar-refractivity contribution in [2.45, 2.75) is 31.8 Å². The number of allylic oxidation sites excluding steroid dienone is 2. The normalized spacial score (nSPS) is 30.3. The van der Waals surface area contributed by atoms with Crippen LogP contribution in [-0.2, 0) is 0 Å². The summed E-state index contributed by atoms with van der Waals surface area (Å²) in [5, 5.41) is 9.25. The van der Waals surface area contributed by atoms with Crippen LogP contribution >= 0.6 is 0 Å². The number of aliphatic hydroxyl groups excluding tert-OH is 1. The SMILES string of the molecule is C[C@H](C1C=CC=C1)N1CCC[C@H]1CO. The molecule has 0 spiro atoms. The van der Waals surface area contributed by atoms with Crippen molar-refractivity contribution in [2.75, 3.05) is 13.2 Å². The quantitative estimate of drug-likeness (QED) is 0.735. The Bertz CT molecular complexity index is 235. The molecule has 2 nitrogen and oxygen atoms in total. The Balaban J connectivity index is 1.99. The predicted octanol–water partition coefficient (Wildman–Crippen LogP) is 1.57. The van der Waals surface area contributed by atoms with Crippen molar-refractivity contribution in [3.63, 3.8) is 0 Å². The fourth-order valence-electron chi connectivity index (χ4n) is 2.58. The van der Waals surface area contributed by atoms with E-state index >= 15 is 0 Å². The average molecular weight is 193 g/mol. The highest BCUT2D eigenvalue weighted by molar-refractivity contribution is 5.19. The minimum absolute atomic E-state index is 0.310. The minimum Gasteiger partial charge on any atom is -0.395 e. The smallest absolute Gasteiger partial charge is 0.0586 e. The number of nitrogens with zero attached hydrogens (tertiary/aromatic N) is 1. The highest BCUT2D eigenvalue weighted by Crippen LogP contribution is 2.26. The molecule has 0 amide bonds. The van der Waals surface area contributed by atoms with E-state index in [1.54, 1.807) is 0 Å². The average Bonchev–Trinajstić information content (AvgIpc) is 2.87. The van der Waals surface area contributed by atoms with Gasteiger partial charge in [0, 0.05) is 18.0 Å². The first-order valence-corrected chi connectivity index (χ1v) is 5.54. The zero-order chi connectivity index (χ0) is 9.97. The van der Waals surface area contributed by atoms with Crippen LogP contribution in [-0.4, -0.2) is 35.2 Å². The van der Waals surface area contributed by atoms with Gasteiger partial charge in [0.2, 0.25) is 0 Å². The number of likely N-dealkylation sites (tertiary alicyclic amines) is 1. The highest BCUT2D eigenvalue weighted by Gasteiger charge is 2.30. The van der Waals surface area contributed by atoms with E-state index < -0.39 is 0 Å². The Hall–Kier alpha value is -0.600. The zero-order valence-electron chi connectivity index (χ0n) is 8.76. The molecule has 2 heteroatoms. The van der Waals surface area contributed by atoms with Crippen molar-refractivity contribution >= 4 is 0 Å². The van der Waals surface area contributed by atoms with Crippen LogP contribution in [0.25, 0.3) is 0 Å². The number of hydrogen-bond donors (Lipinski definition) is 1.